The standard InChI is InChI=1S/C28H33N3O7/c1-6-36-21-12-8-19(9-13-21)25(20-10-14-22(15-11-20)37-7-2)31(4)38-28(34)18(3)30-27(33)24-26(32)23(35-5)16-17-29-24/h8-18,25,32H,6-7H2,1-5H3,(H,30,33)/t18-/m0/s1. The van der Waals surface area contributed by atoms with Gasteiger partial charge in [-0.25, -0.2) is 9.78 Å². The molecule has 0 bridgehead atoms. The van der Waals surface area contributed by atoms with Crippen LogP contribution in [0.2, 0.25) is 0 Å². The van der Waals surface area contributed by atoms with E-state index in [0.29, 0.717) is 13.2 Å². The highest BCUT2D eigenvalue weighted by atomic mass is 16.7. The Morgan fingerprint density at radius 2 is 1.47 bits per heavy atom. The number of nitrogens with one attached hydrogen (secondary N) is 1. The summed E-state index contributed by atoms with van der Waals surface area (Å²) in [6.45, 7) is 6.40. The number of methoxy groups -OCH3 is 1. The highest BCUT2D eigenvalue weighted by Crippen LogP contribution is 2.31. The minimum Gasteiger partial charge on any atom is -0.503 e. The molecule has 3 rings (SSSR count). The van der Waals surface area contributed by atoms with Crippen LogP contribution in [0, 0.1) is 0 Å². The molecule has 10 heteroatoms. The third-order valence-electron chi connectivity index (χ3n) is 5.63. The molecular formula is C28H33N3O7. The smallest absolute Gasteiger partial charge is 0.347 e. The van der Waals surface area contributed by atoms with E-state index in [1.165, 1.54) is 31.4 Å². The van der Waals surface area contributed by atoms with Crippen LogP contribution in [0.1, 0.15) is 48.4 Å². The molecule has 0 unspecified atom stereocenters. The summed E-state index contributed by atoms with van der Waals surface area (Å²) in [7, 11) is 3.00. The highest BCUT2D eigenvalue weighted by Gasteiger charge is 2.27. The summed E-state index contributed by atoms with van der Waals surface area (Å²) < 4.78 is 16.1. The lowest BCUT2D eigenvalue weighted by Gasteiger charge is -2.29. The topological polar surface area (TPSA) is 119 Å². The zero-order valence-electron chi connectivity index (χ0n) is 22.1. The van der Waals surface area contributed by atoms with Gasteiger partial charge in [0.05, 0.1) is 26.4 Å². The summed E-state index contributed by atoms with van der Waals surface area (Å²) in [6.07, 6.45) is 1.32. The number of aromatic hydroxyl groups is 1. The van der Waals surface area contributed by atoms with E-state index in [1.54, 1.807) is 7.05 Å². The largest absolute Gasteiger partial charge is 0.503 e. The molecule has 1 heterocycles. The number of carbonyl (C=O) groups is 2. The van der Waals surface area contributed by atoms with Crippen molar-refractivity contribution in [3.63, 3.8) is 0 Å². The fourth-order valence-corrected chi connectivity index (χ4v) is 3.80. The van der Waals surface area contributed by atoms with Crippen molar-refractivity contribution in [2.24, 2.45) is 0 Å². The molecular weight excluding hydrogens is 490 g/mol. The maximum Gasteiger partial charge on any atom is 0.347 e. The number of pyridine rings is 1. The maximum absolute atomic E-state index is 12.9. The molecule has 0 spiro atoms. The van der Waals surface area contributed by atoms with E-state index >= 15 is 0 Å². The second kappa shape index (κ2) is 13.3. The molecule has 10 nitrogen and oxygen atoms in total. The molecule has 0 saturated heterocycles. The molecule has 2 N–H and O–H groups in total. The summed E-state index contributed by atoms with van der Waals surface area (Å²) in [5, 5.41) is 14.1. The first-order valence-corrected chi connectivity index (χ1v) is 12.2. The van der Waals surface area contributed by atoms with Gasteiger partial charge < -0.3 is 29.5 Å². The molecule has 2 aromatic carbocycles. The van der Waals surface area contributed by atoms with E-state index in [2.05, 4.69) is 10.3 Å². The summed E-state index contributed by atoms with van der Waals surface area (Å²) in [5.74, 6) is -0.322. The third-order valence-corrected chi connectivity index (χ3v) is 5.63. The Morgan fingerprint density at radius 1 is 0.947 bits per heavy atom. The van der Waals surface area contributed by atoms with E-state index in [-0.39, 0.29) is 11.4 Å². The number of hydrogen-bond acceptors (Lipinski definition) is 9. The quantitative estimate of drug-likeness (QED) is 0.341. The van der Waals surface area contributed by atoms with Crippen LogP contribution >= 0.6 is 0 Å². The molecule has 1 aromatic heterocycles. The second-order valence-electron chi connectivity index (χ2n) is 8.27. The summed E-state index contributed by atoms with van der Waals surface area (Å²) in [6, 6.07) is 14.9. The van der Waals surface area contributed by atoms with Crippen LogP contribution in [0.5, 0.6) is 23.0 Å². The van der Waals surface area contributed by atoms with Crippen LogP contribution in [-0.4, -0.2) is 60.4 Å². The molecule has 38 heavy (non-hydrogen) atoms. The summed E-state index contributed by atoms with van der Waals surface area (Å²) >= 11 is 0. The van der Waals surface area contributed by atoms with Gasteiger partial charge in [0.25, 0.3) is 5.91 Å². The number of carbonyl (C=O) groups excluding carboxylic acids is 2. The minimum absolute atomic E-state index is 0.0914. The number of ether oxygens (including phenoxy) is 3. The van der Waals surface area contributed by atoms with Crippen molar-refractivity contribution in [1.29, 1.82) is 0 Å². The van der Waals surface area contributed by atoms with Crippen LogP contribution in [0.4, 0.5) is 0 Å². The lowest BCUT2D eigenvalue weighted by atomic mass is 9.98. The predicted octanol–water partition coefficient (Wildman–Crippen LogP) is 3.89. The van der Waals surface area contributed by atoms with E-state index in [4.69, 9.17) is 19.0 Å². The maximum atomic E-state index is 12.9. The Balaban J connectivity index is 1.78. The predicted molar refractivity (Wildman–Crippen MR) is 140 cm³/mol. The van der Waals surface area contributed by atoms with Gasteiger partial charge in [-0.15, -0.1) is 5.06 Å². The number of hydroxylamine groups is 2. The SMILES string of the molecule is CCOc1ccc(C(c2ccc(OCC)cc2)N(C)OC(=O)[C@H](C)NC(=O)c2nccc(OC)c2O)cc1. The van der Waals surface area contributed by atoms with Crippen LogP contribution in [-0.2, 0) is 9.63 Å². The van der Waals surface area contributed by atoms with Crippen molar-refractivity contribution < 1.29 is 33.7 Å². The number of rotatable bonds is 12. The summed E-state index contributed by atoms with van der Waals surface area (Å²) in [5.41, 5.74) is 1.45. The minimum atomic E-state index is -1.04. The fourth-order valence-electron chi connectivity index (χ4n) is 3.80. The number of nitrogens with zero attached hydrogens (tertiary/aromatic N) is 2. The van der Waals surface area contributed by atoms with Crippen LogP contribution < -0.4 is 19.5 Å². The lowest BCUT2D eigenvalue weighted by molar-refractivity contribution is -0.193. The van der Waals surface area contributed by atoms with E-state index in [9.17, 15) is 14.7 Å². The van der Waals surface area contributed by atoms with Gasteiger partial charge in [0.15, 0.2) is 17.2 Å². The Bertz CT molecular complexity index is 1170. The Hall–Kier alpha value is -4.31. The zero-order chi connectivity index (χ0) is 27.7. The van der Waals surface area contributed by atoms with Gasteiger partial charge in [0, 0.05) is 19.3 Å². The molecule has 1 atom stereocenters. The van der Waals surface area contributed by atoms with Crippen LogP contribution in [0.3, 0.4) is 0 Å². The van der Waals surface area contributed by atoms with Gasteiger partial charge in [-0.05, 0) is 56.2 Å². The van der Waals surface area contributed by atoms with Gasteiger partial charge >= 0.3 is 5.97 Å². The molecule has 3 aromatic rings. The number of benzene rings is 2. The van der Waals surface area contributed by atoms with Gasteiger partial charge in [0.1, 0.15) is 17.5 Å². The van der Waals surface area contributed by atoms with Crippen molar-refractivity contribution in [3.05, 3.63) is 77.6 Å². The van der Waals surface area contributed by atoms with Gasteiger partial charge in [-0.3, -0.25) is 4.79 Å². The lowest BCUT2D eigenvalue weighted by Crippen LogP contribution is -2.42. The van der Waals surface area contributed by atoms with Crippen molar-refractivity contribution in [3.8, 4) is 23.0 Å². The number of amides is 1. The van der Waals surface area contributed by atoms with Crippen molar-refractivity contribution >= 4 is 11.9 Å². The average Bonchev–Trinajstić information content (AvgIpc) is 2.91. The molecule has 0 radical (unpaired) electrons. The molecule has 0 aliphatic carbocycles. The monoisotopic (exact) mass is 523 g/mol. The first kappa shape index (κ1) is 28.3. The Labute approximate surface area is 222 Å². The highest BCUT2D eigenvalue weighted by molar-refractivity contribution is 5.97. The van der Waals surface area contributed by atoms with E-state index < -0.39 is 29.7 Å². The molecule has 0 saturated carbocycles. The molecule has 0 aliphatic heterocycles. The fraction of sp³-hybridized carbons (Fsp3) is 0.321. The Morgan fingerprint density at radius 3 is 1.95 bits per heavy atom. The molecule has 202 valence electrons. The van der Waals surface area contributed by atoms with Crippen LogP contribution in [0.25, 0.3) is 0 Å². The molecule has 1 amide bonds. The molecule has 0 fully saturated rings. The van der Waals surface area contributed by atoms with Crippen molar-refractivity contribution in [2.45, 2.75) is 32.9 Å². The second-order valence-corrected chi connectivity index (χ2v) is 8.27. The Kier molecular flexibility index (Phi) is 9.89. The van der Waals surface area contributed by atoms with Gasteiger partial charge in [-0.1, -0.05) is 24.3 Å². The van der Waals surface area contributed by atoms with Crippen molar-refractivity contribution in [2.75, 3.05) is 27.4 Å². The third kappa shape index (κ3) is 6.92. The van der Waals surface area contributed by atoms with Gasteiger partial charge in [0.2, 0.25) is 0 Å². The first-order valence-electron chi connectivity index (χ1n) is 12.2. The normalized spacial score (nSPS) is 11.7. The van der Waals surface area contributed by atoms with Gasteiger partial charge in [-0.2, -0.15) is 0 Å². The summed E-state index contributed by atoms with van der Waals surface area (Å²) in [4.78, 5) is 35.1. The number of aromatic nitrogens is 1. The molecule has 0 aliphatic rings. The van der Waals surface area contributed by atoms with E-state index in [0.717, 1.165) is 22.6 Å². The van der Waals surface area contributed by atoms with Crippen molar-refractivity contribution in [1.82, 2.24) is 15.4 Å². The first-order chi connectivity index (χ1) is 18.3. The van der Waals surface area contributed by atoms with Crippen LogP contribution in [0.15, 0.2) is 60.8 Å². The average molecular weight is 524 g/mol. The van der Waals surface area contributed by atoms with E-state index in [1.807, 2.05) is 62.4 Å². The zero-order valence-corrected chi connectivity index (χ0v) is 22.1. The number of hydrogen-bond donors (Lipinski definition) is 2.